The number of hydrogen-bond donors (Lipinski definition) is 1. The number of rotatable bonds is 6. The van der Waals surface area contributed by atoms with Crippen LogP contribution in [0.1, 0.15) is 22.3 Å². The minimum absolute atomic E-state index is 0.149. The van der Waals surface area contributed by atoms with Crippen LogP contribution in [0.15, 0.2) is 71.2 Å². The summed E-state index contributed by atoms with van der Waals surface area (Å²) in [5.74, 6) is 1.23. The quantitative estimate of drug-likeness (QED) is 0.428. The molecule has 0 fully saturated rings. The minimum atomic E-state index is -0.149. The molecular weight excluding hydrogens is 388 g/mol. The molecule has 156 valence electrons. The molecule has 3 aromatic carbocycles. The minimum Gasteiger partial charge on any atom is -0.497 e. The summed E-state index contributed by atoms with van der Waals surface area (Å²) in [6.07, 6.45) is 3.30. The standard InChI is InChI=1S/C26H24N2O3/c1-17-14-23-24(15-18(17)2)31-26(28-23)21-9-4-20(5-10-21)16-27-25(29)13-8-19-6-11-22(30-3)12-7-19/h4-15H,16H2,1-3H3,(H,27,29)/b13-8+. The monoisotopic (exact) mass is 412 g/mol. The highest BCUT2D eigenvalue weighted by atomic mass is 16.5. The fraction of sp³-hybridized carbons (Fsp3) is 0.154. The first kappa shape index (κ1) is 20.4. The van der Waals surface area contributed by atoms with E-state index in [2.05, 4.69) is 24.1 Å². The van der Waals surface area contributed by atoms with Crippen molar-refractivity contribution < 1.29 is 13.9 Å². The summed E-state index contributed by atoms with van der Waals surface area (Å²) >= 11 is 0. The van der Waals surface area contributed by atoms with E-state index in [0.29, 0.717) is 12.4 Å². The summed E-state index contributed by atoms with van der Waals surface area (Å²) in [6, 6.07) is 19.4. The number of oxazole rings is 1. The molecule has 1 amide bonds. The SMILES string of the molecule is COc1ccc(/C=C/C(=O)NCc2ccc(-c3nc4cc(C)c(C)cc4o3)cc2)cc1. The van der Waals surface area contributed by atoms with Crippen LogP contribution in [-0.2, 0) is 11.3 Å². The maximum atomic E-state index is 12.1. The number of nitrogens with zero attached hydrogens (tertiary/aromatic N) is 1. The third kappa shape index (κ3) is 4.83. The number of amides is 1. The van der Waals surface area contributed by atoms with Crippen molar-refractivity contribution in [2.24, 2.45) is 0 Å². The third-order valence-electron chi connectivity index (χ3n) is 5.21. The molecule has 0 saturated heterocycles. The molecule has 0 atom stereocenters. The van der Waals surface area contributed by atoms with Crippen molar-refractivity contribution >= 4 is 23.1 Å². The van der Waals surface area contributed by atoms with E-state index in [0.717, 1.165) is 33.5 Å². The first-order valence-corrected chi connectivity index (χ1v) is 10.1. The highest BCUT2D eigenvalue weighted by Crippen LogP contribution is 2.26. The van der Waals surface area contributed by atoms with Crippen LogP contribution >= 0.6 is 0 Å². The van der Waals surface area contributed by atoms with E-state index in [9.17, 15) is 4.79 Å². The largest absolute Gasteiger partial charge is 0.497 e. The summed E-state index contributed by atoms with van der Waals surface area (Å²) < 4.78 is 11.0. The number of benzene rings is 3. The highest BCUT2D eigenvalue weighted by molar-refractivity contribution is 5.91. The van der Waals surface area contributed by atoms with Gasteiger partial charge in [0, 0.05) is 18.2 Å². The molecule has 0 aliphatic rings. The maximum absolute atomic E-state index is 12.1. The van der Waals surface area contributed by atoms with Crippen molar-refractivity contribution in [3.63, 3.8) is 0 Å². The molecule has 4 aromatic rings. The Hall–Kier alpha value is -3.86. The van der Waals surface area contributed by atoms with Crippen molar-refractivity contribution in [1.82, 2.24) is 10.3 Å². The van der Waals surface area contributed by atoms with Crippen LogP contribution in [0, 0.1) is 13.8 Å². The van der Waals surface area contributed by atoms with Crippen LogP contribution < -0.4 is 10.1 Å². The summed E-state index contributed by atoms with van der Waals surface area (Å²) in [5, 5.41) is 2.90. The van der Waals surface area contributed by atoms with Crippen molar-refractivity contribution in [2.75, 3.05) is 7.11 Å². The van der Waals surface area contributed by atoms with E-state index >= 15 is 0 Å². The van der Waals surface area contributed by atoms with Gasteiger partial charge in [0.25, 0.3) is 0 Å². The summed E-state index contributed by atoms with van der Waals surface area (Å²) in [5.41, 5.74) is 6.86. The maximum Gasteiger partial charge on any atom is 0.244 e. The number of aryl methyl sites for hydroxylation is 2. The predicted molar refractivity (Wildman–Crippen MR) is 123 cm³/mol. The smallest absolute Gasteiger partial charge is 0.244 e. The second-order valence-electron chi connectivity index (χ2n) is 7.44. The van der Waals surface area contributed by atoms with Crippen LogP contribution in [0.25, 0.3) is 28.6 Å². The van der Waals surface area contributed by atoms with Gasteiger partial charge >= 0.3 is 0 Å². The van der Waals surface area contributed by atoms with E-state index < -0.39 is 0 Å². The van der Waals surface area contributed by atoms with E-state index in [-0.39, 0.29) is 5.91 Å². The fourth-order valence-corrected chi connectivity index (χ4v) is 3.20. The predicted octanol–water partition coefficient (Wildman–Crippen LogP) is 5.45. The molecule has 1 N–H and O–H groups in total. The van der Waals surface area contributed by atoms with Gasteiger partial charge in [0.15, 0.2) is 5.58 Å². The zero-order valence-electron chi connectivity index (χ0n) is 17.8. The Labute approximate surface area is 181 Å². The summed E-state index contributed by atoms with van der Waals surface area (Å²) in [6.45, 7) is 4.57. The number of ether oxygens (including phenoxy) is 1. The summed E-state index contributed by atoms with van der Waals surface area (Å²) in [4.78, 5) is 16.7. The Balaban J connectivity index is 1.37. The van der Waals surface area contributed by atoms with Crippen LogP contribution in [0.2, 0.25) is 0 Å². The van der Waals surface area contributed by atoms with Gasteiger partial charge < -0.3 is 14.5 Å². The molecule has 0 saturated carbocycles. The molecule has 0 radical (unpaired) electrons. The zero-order chi connectivity index (χ0) is 21.8. The van der Waals surface area contributed by atoms with Gasteiger partial charge in [-0.25, -0.2) is 4.98 Å². The van der Waals surface area contributed by atoms with E-state index in [1.54, 1.807) is 13.2 Å². The van der Waals surface area contributed by atoms with Crippen molar-refractivity contribution in [3.05, 3.63) is 89.0 Å². The van der Waals surface area contributed by atoms with E-state index in [1.165, 1.54) is 17.2 Å². The van der Waals surface area contributed by atoms with Gasteiger partial charge in [-0.3, -0.25) is 4.79 Å². The molecule has 4 rings (SSSR count). The number of hydrogen-bond acceptors (Lipinski definition) is 4. The van der Waals surface area contributed by atoms with Crippen molar-refractivity contribution in [2.45, 2.75) is 20.4 Å². The highest BCUT2D eigenvalue weighted by Gasteiger charge is 2.09. The third-order valence-corrected chi connectivity index (χ3v) is 5.21. The van der Waals surface area contributed by atoms with Crippen molar-refractivity contribution in [1.29, 1.82) is 0 Å². The fourth-order valence-electron chi connectivity index (χ4n) is 3.20. The Morgan fingerprint density at radius 1 is 1.03 bits per heavy atom. The Bertz CT molecular complexity index is 1200. The summed E-state index contributed by atoms with van der Waals surface area (Å²) in [7, 11) is 1.62. The topological polar surface area (TPSA) is 64.4 Å². The Kier molecular flexibility index (Phi) is 5.85. The lowest BCUT2D eigenvalue weighted by molar-refractivity contribution is -0.116. The van der Waals surface area contributed by atoms with Crippen LogP contribution in [0.5, 0.6) is 5.75 Å². The van der Waals surface area contributed by atoms with E-state index in [4.69, 9.17) is 9.15 Å². The van der Waals surface area contributed by atoms with Crippen LogP contribution in [-0.4, -0.2) is 18.0 Å². The van der Waals surface area contributed by atoms with E-state index in [1.807, 2.05) is 60.7 Å². The second-order valence-corrected chi connectivity index (χ2v) is 7.44. The Morgan fingerprint density at radius 3 is 2.45 bits per heavy atom. The first-order chi connectivity index (χ1) is 15.0. The molecule has 0 aliphatic carbocycles. The number of aromatic nitrogens is 1. The molecule has 31 heavy (non-hydrogen) atoms. The van der Waals surface area contributed by atoms with Gasteiger partial charge in [0.05, 0.1) is 7.11 Å². The number of fused-ring (bicyclic) bond motifs is 1. The molecule has 0 aliphatic heterocycles. The lowest BCUT2D eigenvalue weighted by atomic mass is 10.1. The van der Waals surface area contributed by atoms with Crippen LogP contribution in [0.4, 0.5) is 0 Å². The van der Waals surface area contributed by atoms with Gasteiger partial charge in [-0.05, 0) is 78.6 Å². The number of carbonyl (C=O) groups is 1. The molecule has 0 bridgehead atoms. The average Bonchev–Trinajstić information content (AvgIpc) is 3.20. The number of carbonyl (C=O) groups excluding carboxylic acids is 1. The van der Waals surface area contributed by atoms with Gasteiger partial charge in [0.1, 0.15) is 11.3 Å². The van der Waals surface area contributed by atoms with Crippen molar-refractivity contribution in [3.8, 4) is 17.2 Å². The molecular formula is C26H24N2O3. The first-order valence-electron chi connectivity index (χ1n) is 10.1. The number of nitrogens with one attached hydrogen (secondary N) is 1. The van der Waals surface area contributed by atoms with Gasteiger partial charge in [-0.2, -0.15) is 0 Å². The lowest BCUT2D eigenvalue weighted by Gasteiger charge is -2.04. The average molecular weight is 412 g/mol. The molecule has 1 heterocycles. The zero-order valence-corrected chi connectivity index (χ0v) is 17.8. The lowest BCUT2D eigenvalue weighted by Crippen LogP contribution is -2.20. The molecule has 0 spiro atoms. The molecule has 1 aromatic heterocycles. The second kappa shape index (κ2) is 8.88. The molecule has 5 heteroatoms. The number of methoxy groups -OCH3 is 1. The van der Waals surface area contributed by atoms with Gasteiger partial charge in [0.2, 0.25) is 11.8 Å². The van der Waals surface area contributed by atoms with Gasteiger partial charge in [-0.15, -0.1) is 0 Å². The molecule has 5 nitrogen and oxygen atoms in total. The van der Waals surface area contributed by atoms with Crippen LogP contribution in [0.3, 0.4) is 0 Å². The van der Waals surface area contributed by atoms with Gasteiger partial charge in [-0.1, -0.05) is 24.3 Å². The normalized spacial score (nSPS) is 11.2. The molecule has 0 unspecified atom stereocenters. The Morgan fingerprint density at radius 2 is 1.74 bits per heavy atom.